The minimum atomic E-state index is 0. The Hall–Kier alpha value is -2.60. The van der Waals surface area contributed by atoms with E-state index in [1.54, 1.807) is 0 Å². The smallest absolute Gasteiger partial charge is 0.0319 e. The minimum absolute atomic E-state index is 0. The zero-order valence-corrected chi connectivity index (χ0v) is 12.4. The van der Waals surface area contributed by atoms with Gasteiger partial charge in [-0.25, -0.2) is 0 Å². The fraction of sp³-hybridized carbons (Fsp3) is 0.143. The molecule has 2 aromatic rings. The van der Waals surface area contributed by atoms with Crippen molar-refractivity contribution in [3.05, 3.63) is 60.2 Å². The molecule has 2 aromatic carbocycles. The Balaban J connectivity index is 0.000000711. The van der Waals surface area contributed by atoms with Crippen LogP contribution in [-0.4, -0.2) is 12.2 Å². The van der Waals surface area contributed by atoms with Gasteiger partial charge >= 0.3 is 0 Å². The van der Waals surface area contributed by atoms with Crippen molar-refractivity contribution >= 4 is 0 Å². The summed E-state index contributed by atoms with van der Waals surface area (Å²) >= 11 is 0. The monoisotopic (exact) mass is 442 g/mol. The molecular weight excluding hydrogens is 431 g/mol. The van der Waals surface area contributed by atoms with Gasteiger partial charge in [0.25, 0.3) is 0 Å². The van der Waals surface area contributed by atoms with Gasteiger partial charge in [-0.1, -0.05) is 42.8 Å². The number of hydrogen-bond donors (Lipinski definition) is 1. The van der Waals surface area contributed by atoms with Crippen molar-refractivity contribution in [1.82, 2.24) is 0 Å². The summed E-state index contributed by atoms with van der Waals surface area (Å²) in [6.07, 6.45) is 0. The number of aliphatic hydroxyl groups excluding tert-OH is 1. The molecule has 0 saturated heterocycles. The molecule has 86 valence electrons. The number of aliphatic hydroxyl groups is 1. The van der Waals surface area contributed by atoms with Crippen molar-refractivity contribution in [3.8, 4) is 11.1 Å². The second-order valence-electron chi connectivity index (χ2n) is 3.15. The second-order valence-corrected chi connectivity index (χ2v) is 3.15. The van der Waals surface area contributed by atoms with E-state index in [9.17, 15) is 0 Å². The van der Waals surface area contributed by atoms with Gasteiger partial charge < -0.3 is 5.11 Å². The van der Waals surface area contributed by atoms with E-state index >= 15 is 0 Å². The third kappa shape index (κ3) is 3.28. The van der Waals surface area contributed by atoms with Crippen LogP contribution in [0.2, 0.25) is 0 Å². The summed E-state index contributed by atoms with van der Waals surface area (Å²) < 4.78 is 0. The molecule has 0 saturated carbocycles. The van der Waals surface area contributed by atoms with E-state index in [-0.39, 0.29) is 0 Å². The summed E-state index contributed by atoms with van der Waals surface area (Å²) in [5.74, 6) is 0. The Kier molecular flexibility index (Phi) is 5.69. The number of benzene rings is 2. The zero-order chi connectivity index (χ0) is 11.1. The average molecular weight is 446 g/mol. The predicted octanol–water partition coefficient (Wildman–Crippen LogP) is 3.07. The van der Waals surface area contributed by atoms with E-state index in [1.165, 1.54) is 16.7 Å². The van der Waals surface area contributed by atoms with Crippen LogP contribution in [-0.2, 0) is 0 Å². The molecule has 0 aliphatic carbocycles. The van der Waals surface area contributed by atoms with Crippen molar-refractivity contribution in [2.45, 2.75) is 6.92 Å². The maximum atomic E-state index is 7.00. The summed E-state index contributed by atoms with van der Waals surface area (Å²) in [7, 11) is 1.00. The predicted molar refractivity (Wildman–Crippen MR) is 63.6 cm³/mol. The van der Waals surface area contributed by atoms with Crippen molar-refractivity contribution < 1.29 is 5.11 Å². The third-order valence-electron chi connectivity index (χ3n) is 2.04. The minimum Gasteiger partial charge on any atom is -0.400 e. The standard InChI is InChI=1S/C13H11.CH4O.Cm/c1-11-6-5-9-13(10-11)12-7-3-2-4-8-12;1-2;/h2-8,10H,1H3;2H,1H3;/q-1;;. The van der Waals surface area contributed by atoms with E-state index in [1.807, 2.05) is 24.3 Å². The van der Waals surface area contributed by atoms with Gasteiger partial charge in [0.1, 0.15) is 0 Å². The fourth-order valence-electron chi connectivity index (χ4n) is 1.36. The molecule has 16 heavy (non-hydrogen) atoms. The first-order valence-electron chi connectivity index (χ1n) is 4.85. The molecule has 0 amide bonds. The molecule has 0 aromatic heterocycles. The molecule has 1 N–H and O–H groups in total. The van der Waals surface area contributed by atoms with Crippen LogP contribution < -0.4 is 0 Å². The van der Waals surface area contributed by atoms with Crippen LogP contribution in [0.15, 0.2) is 48.5 Å². The molecule has 0 aliphatic rings. The van der Waals surface area contributed by atoms with Gasteiger partial charge in [0.15, 0.2) is 0 Å². The second kappa shape index (κ2) is 6.80. The molecule has 0 spiro atoms. The molecule has 0 aliphatic heterocycles. The Bertz CT molecular complexity index is 398. The molecule has 2 rings (SSSR count). The van der Waals surface area contributed by atoms with Crippen molar-refractivity contribution in [1.29, 1.82) is 0 Å². The van der Waals surface area contributed by atoms with Crippen molar-refractivity contribution in [3.63, 3.8) is 0 Å². The van der Waals surface area contributed by atoms with E-state index in [2.05, 4.69) is 37.3 Å². The van der Waals surface area contributed by atoms with Crippen LogP contribution in [0.4, 0.5) is 0 Å². The van der Waals surface area contributed by atoms with Crippen molar-refractivity contribution in [2.75, 3.05) is 7.11 Å². The SMILES string of the molecule is CO.Cc1cc[c-]c(-c2ccccc2)c1.[Cm]. The van der Waals surface area contributed by atoms with E-state index < -0.39 is 0 Å². The number of aryl methyl sites for hydroxylation is 1. The number of hydrogen-bond acceptors (Lipinski definition) is 1. The van der Waals surface area contributed by atoms with Crippen LogP contribution in [0.3, 0.4) is 0 Å². The van der Waals surface area contributed by atoms with E-state index in [0.717, 1.165) is 7.11 Å². The molecule has 0 bridgehead atoms. The van der Waals surface area contributed by atoms with Gasteiger partial charge in [-0.15, -0.1) is 35.4 Å². The molecule has 0 fully saturated rings. The summed E-state index contributed by atoms with van der Waals surface area (Å²) in [5, 5.41) is 7.00. The van der Waals surface area contributed by atoms with Crippen molar-refractivity contribution in [2.24, 2.45) is 0 Å². The van der Waals surface area contributed by atoms with Gasteiger partial charge in [-0.3, -0.25) is 0 Å². The topological polar surface area (TPSA) is 20.2 Å². The van der Waals surface area contributed by atoms with E-state index in [4.69, 9.17) is 5.11 Å². The Morgan fingerprint density at radius 3 is 2.19 bits per heavy atom. The third-order valence-corrected chi connectivity index (χ3v) is 2.04. The molecule has 0 radical (unpaired) electrons. The van der Waals surface area contributed by atoms with Crippen LogP contribution >= 0.6 is 0 Å². The maximum absolute atomic E-state index is 7.00. The average Bonchev–Trinajstić information content (AvgIpc) is 2.33. The summed E-state index contributed by atoms with van der Waals surface area (Å²) in [6, 6.07) is 19.7. The van der Waals surface area contributed by atoms with Gasteiger partial charge in [-0.05, 0) is 0 Å². The first-order chi connectivity index (χ1) is 7.36. The molecular formula is C14H15CmO-. The normalized spacial score (nSPS) is 8.44. The molecule has 1 nitrogen and oxygen atoms in total. The van der Waals surface area contributed by atoms with Crippen LogP contribution in [0, 0.1) is 13.0 Å². The summed E-state index contributed by atoms with van der Waals surface area (Å²) in [5.41, 5.74) is 3.67. The van der Waals surface area contributed by atoms with Gasteiger partial charge in [0.05, 0.1) is 0 Å². The Labute approximate surface area is 91.0 Å². The maximum Gasteiger partial charge on any atom is 0.0319 e. The Morgan fingerprint density at radius 1 is 1.00 bits per heavy atom. The largest absolute Gasteiger partial charge is 0.400 e. The van der Waals surface area contributed by atoms with Crippen LogP contribution in [0.1, 0.15) is 5.56 Å². The summed E-state index contributed by atoms with van der Waals surface area (Å²) in [4.78, 5) is 0. The zero-order valence-electron chi connectivity index (χ0n) is 9.42. The molecule has 2 heteroatoms. The van der Waals surface area contributed by atoms with Gasteiger partial charge in [-0.2, -0.15) is 0 Å². The Morgan fingerprint density at radius 2 is 1.62 bits per heavy atom. The van der Waals surface area contributed by atoms with Crippen LogP contribution in [0.25, 0.3) is 11.1 Å². The molecule has 0 heterocycles. The first-order valence-corrected chi connectivity index (χ1v) is 4.85. The summed E-state index contributed by atoms with van der Waals surface area (Å²) in [6.45, 7) is 2.10. The molecule has 0 unspecified atom stereocenters. The number of rotatable bonds is 1. The van der Waals surface area contributed by atoms with E-state index in [0.29, 0.717) is 0 Å². The quantitative estimate of drug-likeness (QED) is 0.668. The van der Waals surface area contributed by atoms with Crippen LogP contribution in [0.5, 0.6) is 0 Å². The first kappa shape index (κ1) is 13.4. The molecule has 0 atom stereocenters. The van der Waals surface area contributed by atoms with Gasteiger partial charge in [0.2, 0.25) is 0 Å². The fourth-order valence-corrected chi connectivity index (χ4v) is 1.36. The van der Waals surface area contributed by atoms with Gasteiger partial charge in [0, 0.05) is 7.11 Å².